The minimum absolute atomic E-state index is 0.000656. The minimum atomic E-state index is -1.12. The molecule has 2 N–H and O–H groups in total. The van der Waals surface area contributed by atoms with Gasteiger partial charge >= 0.3 is 12.0 Å². The van der Waals surface area contributed by atoms with Gasteiger partial charge in [0.2, 0.25) is 0 Å². The number of likely N-dealkylation sites (N-methyl/N-ethyl adjacent to an activating group) is 1. The van der Waals surface area contributed by atoms with Crippen LogP contribution in [-0.4, -0.2) is 56.4 Å². The SMILES string of the molecule is COCCN(C)C(=O)Nc1cc(OC)ccc1C(=O)O. The van der Waals surface area contributed by atoms with Crippen molar-refractivity contribution < 1.29 is 24.2 Å². The van der Waals surface area contributed by atoms with E-state index in [1.807, 2.05) is 0 Å². The summed E-state index contributed by atoms with van der Waals surface area (Å²) < 4.78 is 9.89. The van der Waals surface area contributed by atoms with Gasteiger partial charge in [0.25, 0.3) is 0 Å². The molecule has 7 nitrogen and oxygen atoms in total. The standard InChI is InChI=1S/C13H18N2O5/c1-15(6-7-19-2)13(18)14-11-8-9(20-3)4-5-10(11)12(16)17/h4-5,8H,6-7H2,1-3H3,(H,14,18)(H,16,17). The van der Waals surface area contributed by atoms with Gasteiger partial charge in [-0.1, -0.05) is 0 Å². The molecule has 7 heteroatoms. The Morgan fingerprint density at radius 2 is 2.05 bits per heavy atom. The van der Waals surface area contributed by atoms with E-state index >= 15 is 0 Å². The number of nitrogens with zero attached hydrogens (tertiary/aromatic N) is 1. The highest BCUT2D eigenvalue weighted by Gasteiger charge is 2.15. The van der Waals surface area contributed by atoms with Crippen LogP contribution in [0.25, 0.3) is 0 Å². The first-order chi connectivity index (χ1) is 9.49. The molecular weight excluding hydrogens is 264 g/mol. The lowest BCUT2D eigenvalue weighted by Gasteiger charge is -2.18. The van der Waals surface area contributed by atoms with Gasteiger partial charge in [0.1, 0.15) is 5.75 Å². The monoisotopic (exact) mass is 282 g/mol. The van der Waals surface area contributed by atoms with E-state index in [4.69, 9.17) is 14.6 Å². The number of benzene rings is 1. The zero-order valence-corrected chi connectivity index (χ0v) is 11.7. The summed E-state index contributed by atoms with van der Waals surface area (Å²) in [4.78, 5) is 24.4. The van der Waals surface area contributed by atoms with Crippen molar-refractivity contribution in [2.45, 2.75) is 0 Å². The molecule has 20 heavy (non-hydrogen) atoms. The van der Waals surface area contributed by atoms with Crippen molar-refractivity contribution in [1.29, 1.82) is 0 Å². The van der Waals surface area contributed by atoms with Gasteiger partial charge in [-0.15, -0.1) is 0 Å². The second-order valence-electron chi connectivity index (χ2n) is 4.06. The third kappa shape index (κ3) is 4.13. The zero-order chi connectivity index (χ0) is 15.1. The number of ether oxygens (including phenoxy) is 2. The summed E-state index contributed by atoms with van der Waals surface area (Å²) in [7, 11) is 4.59. The van der Waals surface area contributed by atoms with Crippen molar-refractivity contribution in [2.24, 2.45) is 0 Å². The molecule has 0 aliphatic heterocycles. The van der Waals surface area contributed by atoms with Crippen molar-refractivity contribution >= 4 is 17.7 Å². The predicted octanol–water partition coefficient (Wildman–Crippen LogP) is 1.50. The van der Waals surface area contributed by atoms with Crippen molar-refractivity contribution in [3.63, 3.8) is 0 Å². The van der Waals surface area contributed by atoms with E-state index in [-0.39, 0.29) is 11.3 Å². The molecule has 0 saturated carbocycles. The van der Waals surface area contributed by atoms with Gasteiger partial charge in [0.05, 0.1) is 25.0 Å². The normalized spacial score (nSPS) is 9.95. The lowest BCUT2D eigenvalue weighted by Crippen LogP contribution is -2.34. The predicted molar refractivity (Wildman–Crippen MR) is 73.5 cm³/mol. The Labute approximate surface area is 117 Å². The summed E-state index contributed by atoms with van der Waals surface area (Å²) in [6.07, 6.45) is 0. The number of carbonyl (C=O) groups is 2. The summed E-state index contributed by atoms with van der Waals surface area (Å²) in [6, 6.07) is 3.95. The van der Waals surface area contributed by atoms with Gasteiger partial charge in [-0.25, -0.2) is 9.59 Å². The maximum Gasteiger partial charge on any atom is 0.337 e. The first kappa shape index (κ1) is 15.8. The highest BCUT2D eigenvalue weighted by Crippen LogP contribution is 2.22. The third-order valence-corrected chi connectivity index (χ3v) is 2.68. The van der Waals surface area contributed by atoms with E-state index in [1.54, 1.807) is 7.05 Å². The second-order valence-corrected chi connectivity index (χ2v) is 4.06. The highest BCUT2D eigenvalue weighted by atomic mass is 16.5. The summed E-state index contributed by atoms with van der Waals surface area (Å²) in [5.74, 6) is -0.660. The quantitative estimate of drug-likeness (QED) is 0.825. The first-order valence-corrected chi connectivity index (χ1v) is 5.92. The van der Waals surface area contributed by atoms with Crippen LogP contribution in [0.1, 0.15) is 10.4 Å². The van der Waals surface area contributed by atoms with Crippen molar-refractivity contribution in [2.75, 3.05) is 39.7 Å². The lowest BCUT2D eigenvalue weighted by atomic mass is 10.1. The number of anilines is 1. The van der Waals surface area contributed by atoms with Gasteiger partial charge in [0.15, 0.2) is 0 Å². The van der Waals surface area contributed by atoms with Crippen molar-refractivity contribution in [3.05, 3.63) is 23.8 Å². The molecule has 0 atom stereocenters. The number of aromatic carboxylic acids is 1. The van der Waals surface area contributed by atoms with E-state index in [0.717, 1.165) is 0 Å². The van der Waals surface area contributed by atoms with Crippen LogP contribution in [0.15, 0.2) is 18.2 Å². The van der Waals surface area contributed by atoms with E-state index in [9.17, 15) is 9.59 Å². The lowest BCUT2D eigenvalue weighted by molar-refractivity contribution is 0.0698. The highest BCUT2D eigenvalue weighted by molar-refractivity contribution is 6.00. The van der Waals surface area contributed by atoms with Crippen LogP contribution in [0, 0.1) is 0 Å². The number of carboxylic acids is 1. The molecule has 0 fully saturated rings. The van der Waals surface area contributed by atoms with Crippen LogP contribution >= 0.6 is 0 Å². The van der Waals surface area contributed by atoms with Crippen LogP contribution in [0.4, 0.5) is 10.5 Å². The Bertz CT molecular complexity index is 490. The Morgan fingerprint density at radius 1 is 1.35 bits per heavy atom. The summed E-state index contributed by atoms with van der Waals surface area (Å²) in [5.41, 5.74) is 0.186. The molecule has 0 aliphatic rings. The molecule has 0 heterocycles. The van der Waals surface area contributed by atoms with Crippen LogP contribution in [-0.2, 0) is 4.74 Å². The minimum Gasteiger partial charge on any atom is -0.497 e. The zero-order valence-electron chi connectivity index (χ0n) is 11.7. The number of methoxy groups -OCH3 is 2. The first-order valence-electron chi connectivity index (χ1n) is 5.92. The van der Waals surface area contributed by atoms with Gasteiger partial charge in [-0.2, -0.15) is 0 Å². The molecule has 0 saturated heterocycles. The molecule has 0 aliphatic carbocycles. The number of carboxylic acid groups (broad SMARTS) is 1. The molecule has 0 bridgehead atoms. The van der Waals surface area contributed by atoms with Crippen molar-refractivity contribution in [3.8, 4) is 5.75 Å². The largest absolute Gasteiger partial charge is 0.497 e. The molecule has 1 rings (SSSR count). The molecule has 0 aromatic heterocycles. The van der Waals surface area contributed by atoms with Crippen molar-refractivity contribution in [1.82, 2.24) is 4.90 Å². The van der Waals surface area contributed by atoms with Crippen LogP contribution < -0.4 is 10.1 Å². The number of nitrogens with one attached hydrogen (secondary N) is 1. The molecule has 1 aromatic rings. The molecule has 110 valence electrons. The van der Waals surface area contributed by atoms with Gasteiger partial charge in [-0.05, 0) is 12.1 Å². The average Bonchev–Trinajstić information content (AvgIpc) is 2.44. The topological polar surface area (TPSA) is 88.1 Å². The molecule has 1 aromatic carbocycles. The van der Waals surface area contributed by atoms with E-state index < -0.39 is 12.0 Å². The van der Waals surface area contributed by atoms with Crippen LogP contribution in [0.2, 0.25) is 0 Å². The van der Waals surface area contributed by atoms with Crippen LogP contribution in [0.3, 0.4) is 0 Å². The molecular formula is C13H18N2O5. The molecule has 0 unspecified atom stereocenters. The van der Waals surface area contributed by atoms with Gasteiger partial charge < -0.3 is 24.8 Å². The summed E-state index contributed by atoms with van der Waals surface area (Å²) in [5, 5.41) is 11.6. The fraction of sp³-hybridized carbons (Fsp3) is 0.385. The Kier molecular flexibility index (Phi) is 5.79. The number of hydrogen-bond donors (Lipinski definition) is 2. The molecule has 2 amide bonds. The van der Waals surface area contributed by atoms with Gasteiger partial charge in [-0.3, -0.25) is 0 Å². The summed E-state index contributed by atoms with van der Waals surface area (Å²) in [6.45, 7) is 0.794. The average molecular weight is 282 g/mol. The number of carbonyl (C=O) groups excluding carboxylic acids is 1. The Hall–Kier alpha value is -2.28. The Morgan fingerprint density at radius 3 is 2.60 bits per heavy atom. The third-order valence-electron chi connectivity index (χ3n) is 2.68. The molecule has 0 radical (unpaired) electrons. The number of hydrogen-bond acceptors (Lipinski definition) is 4. The van der Waals surface area contributed by atoms with E-state index in [1.165, 1.54) is 37.3 Å². The van der Waals surface area contributed by atoms with Crippen LogP contribution in [0.5, 0.6) is 5.75 Å². The number of amides is 2. The smallest absolute Gasteiger partial charge is 0.337 e. The number of urea groups is 1. The maximum absolute atomic E-state index is 11.9. The van der Waals surface area contributed by atoms with Gasteiger partial charge in [0, 0.05) is 26.8 Å². The van der Waals surface area contributed by atoms with E-state index in [2.05, 4.69) is 5.32 Å². The van der Waals surface area contributed by atoms with E-state index in [0.29, 0.717) is 18.9 Å². The number of rotatable bonds is 6. The summed E-state index contributed by atoms with van der Waals surface area (Å²) >= 11 is 0. The fourth-order valence-electron chi connectivity index (χ4n) is 1.48. The maximum atomic E-state index is 11.9. The second kappa shape index (κ2) is 7.34. The Balaban J connectivity index is 2.89. The fourth-order valence-corrected chi connectivity index (χ4v) is 1.48. The molecule has 0 spiro atoms.